The van der Waals surface area contributed by atoms with E-state index in [1.807, 2.05) is 43.3 Å². The van der Waals surface area contributed by atoms with Gasteiger partial charge in [0.2, 0.25) is 5.75 Å². The molecule has 8 heteroatoms. The standard InChI is InChI=1S/C21H27N3O5/c1-24(2)16-9-7-15(8-10-16)19(28-5)21(25)23-22-13-14-11-17(26-3)20(29-6)18(12-14)27-4/h7-13,19H,1-6H3,(H,23,25)/b22-13+. The van der Waals surface area contributed by atoms with Crippen LogP contribution in [0.2, 0.25) is 0 Å². The number of ether oxygens (including phenoxy) is 4. The van der Waals surface area contributed by atoms with Gasteiger partial charge in [-0.3, -0.25) is 4.79 Å². The van der Waals surface area contributed by atoms with E-state index >= 15 is 0 Å². The van der Waals surface area contributed by atoms with E-state index in [4.69, 9.17) is 18.9 Å². The SMILES string of the molecule is COc1cc(/C=N/NC(=O)C(OC)c2ccc(N(C)C)cc2)cc(OC)c1OC. The summed E-state index contributed by atoms with van der Waals surface area (Å²) < 4.78 is 21.3. The Bertz CT molecular complexity index is 825. The summed E-state index contributed by atoms with van der Waals surface area (Å²) in [7, 11) is 9.98. The van der Waals surface area contributed by atoms with Crippen molar-refractivity contribution in [1.29, 1.82) is 0 Å². The Kier molecular flexibility index (Phi) is 7.85. The van der Waals surface area contributed by atoms with Gasteiger partial charge in [0, 0.05) is 32.5 Å². The van der Waals surface area contributed by atoms with Gasteiger partial charge in [-0.1, -0.05) is 12.1 Å². The van der Waals surface area contributed by atoms with Gasteiger partial charge in [-0.25, -0.2) is 5.43 Å². The highest BCUT2D eigenvalue weighted by Crippen LogP contribution is 2.37. The lowest BCUT2D eigenvalue weighted by atomic mass is 10.1. The number of nitrogens with one attached hydrogen (secondary N) is 1. The topological polar surface area (TPSA) is 81.6 Å². The molecule has 0 radical (unpaired) electrons. The second-order valence-electron chi connectivity index (χ2n) is 6.29. The van der Waals surface area contributed by atoms with Crippen LogP contribution in [0.25, 0.3) is 0 Å². The number of methoxy groups -OCH3 is 4. The lowest BCUT2D eigenvalue weighted by Crippen LogP contribution is -2.26. The van der Waals surface area contributed by atoms with Gasteiger partial charge in [0.25, 0.3) is 5.91 Å². The van der Waals surface area contributed by atoms with Crippen molar-refractivity contribution in [1.82, 2.24) is 5.43 Å². The maximum atomic E-state index is 12.5. The number of hydrogen-bond donors (Lipinski definition) is 1. The molecule has 0 saturated carbocycles. The quantitative estimate of drug-likeness (QED) is 0.514. The first-order valence-electron chi connectivity index (χ1n) is 8.88. The Morgan fingerprint density at radius 2 is 1.59 bits per heavy atom. The van der Waals surface area contributed by atoms with E-state index in [-0.39, 0.29) is 5.91 Å². The van der Waals surface area contributed by atoms with Gasteiger partial charge >= 0.3 is 0 Å². The first kappa shape index (κ1) is 22.0. The molecule has 2 rings (SSSR count). The van der Waals surface area contributed by atoms with Crippen molar-refractivity contribution in [2.24, 2.45) is 5.10 Å². The van der Waals surface area contributed by atoms with Crippen molar-refractivity contribution in [3.63, 3.8) is 0 Å². The molecule has 0 aromatic heterocycles. The van der Waals surface area contributed by atoms with Gasteiger partial charge < -0.3 is 23.8 Å². The molecule has 29 heavy (non-hydrogen) atoms. The fourth-order valence-corrected chi connectivity index (χ4v) is 2.75. The number of hydrazone groups is 1. The summed E-state index contributed by atoms with van der Waals surface area (Å²) in [6.45, 7) is 0. The van der Waals surface area contributed by atoms with E-state index in [0.29, 0.717) is 22.8 Å². The highest BCUT2D eigenvalue weighted by Gasteiger charge is 2.20. The van der Waals surface area contributed by atoms with Crippen LogP contribution in [-0.2, 0) is 9.53 Å². The third-order valence-corrected chi connectivity index (χ3v) is 4.26. The molecular weight excluding hydrogens is 374 g/mol. The van der Waals surface area contributed by atoms with Gasteiger partial charge in [-0.2, -0.15) is 5.10 Å². The van der Waals surface area contributed by atoms with E-state index in [0.717, 1.165) is 11.3 Å². The molecule has 1 unspecified atom stereocenters. The van der Waals surface area contributed by atoms with Crippen molar-refractivity contribution < 1.29 is 23.7 Å². The van der Waals surface area contributed by atoms with Crippen molar-refractivity contribution in [2.75, 3.05) is 47.4 Å². The maximum Gasteiger partial charge on any atom is 0.273 e. The van der Waals surface area contributed by atoms with E-state index in [1.165, 1.54) is 34.7 Å². The number of carbonyl (C=O) groups excluding carboxylic acids is 1. The maximum absolute atomic E-state index is 12.5. The lowest BCUT2D eigenvalue weighted by Gasteiger charge is -2.16. The molecule has 0 heterocycles. The zero-order valence-corrected chi connectivity index (χ0v) is 17.6. The summed E-state index contributed by atoms with van der Waals surface area (Å²) in [5.74, 6) is 1.09. The van der Waals surface area contributed by atoms with Gasteiger partial charge in [0.1, 0.15) is 0 Å². The molecule has 2 aromatic rings. The molecule has 156 valence electrons. The van der Waals surface area contributed by atoms with Gasteiger partial charge in [0.05, 0.1) is 27.5 Å². The highest BCUT2D eigenvalue weighted by atomic mass is 16.5. The molecule has 8 nitrogen and oxygen atoms in total. The number of rotatable bonds is 9. The van der Waals surface area contributed by atoms with Crippen LogP contribution >= 0.6 is 0 Å². The van der Waals surface area contributed by atoms with Crippen LogP contribution in [0.3, 0.4) is 0 Å². The van der Waals surface area contributed by atoms with Crippen molar-refractivity contribution in [2.45, 2.75) is 6.10 Å². The van der Waals surface area contributed by atoms with E-state index in [2.05, 4.69) is 10.5 Å². The largest absolute Gasteiger partial charge is 0.493 e. The summed E-state index contributed by atoms with van der Waals surface area (Å²) in [5, 5.41) is 4.02. The summed E-state index contributed by atoms with van der Waals surface area (Å²) in [4.78, 5) is 14.5. The Morgan fingerprint density at radius 1 is 1.00 bits per heavy atom. The Labute approximate surface area is 171 Å². The molecule has 0 spiro atoms. The van der Waals surface area contributed by atoms with Crippen LogP contribution in [0, 0.1) is 0 Å². The summed E-state index contributed by atoms with van der Waals surface area (Å²) in [6, 6.07) is 11.0. The Hall–Kier alpha value is -3.26. The molecule has 1 N–H and O–H groups in total. The van der Waals surface area contributed by atoms with Crippen LogP contribution in [0.15, 0.2) is 41.5 Å². The van der Waals surface area contributed by atoms with Crippen LogP contribution < -0.4 is 24.5 Å². The molecule has 1 amide bonds. The van der Waals surface area contributed by atoms with Crippen molar-refractivity contribution >= 4 is 17.8 Å². The number of nitrogens with zero attached hydrogens (tertiary/aromatic N) is 2. The monoisotopic (exact) mass is 401 g/mol. The average molecular weight is 401 g/mol. The predicted molar refractivity (Wildman–Crippen MR) is 112 cm³/mol. The molecule has 0 fully saturated rings. The van der Waals surface area contributed by atoms with Crippen LogP contribution in [-0.4, -0.2) is 54.7 Å². The second kappa shape index (κ2) is 10.3. The molecule has 0 aliphatic carbocycles. The first-order valence-corrected chi connectivity index (χ1v) is 8.88. The third-order valence-electron chi connectivity index (χ3n) is 4.26. The summed E-state index contributed by atoms with van der Waals surface area (Å²) in [5.41, 5.74) is 4.94. The van der Waals surface area contributed by atoms with Crippen molar-refractivity contribution in [3.8, 4) is 17.2 Å². The fraction of sp³-hybridized carbons (Fsp3) is 0.333. The minimum atomic E-state index is -0.775. The molecule has 0 bridgehead atoms. The molecule has 2 aromatic carbocycles. The van der Waals surface area contributed by atoms with E-state index in [9.17, 15) is 4.79 Å². The first-order chi connectivity index (χ1) is 13.9. The summed E-state index contributed by atoms with van der Waals surface area (Å²) >= 11 is 0. The van der Waals surface area contributed by atoms with Gasteiger partial charge in [-0.05, 0) is 29.8 Å². The zero-order chi connectivity index (χ0) is 21.4. The molecule has 0 aliphatic rings. The minimum Gasteiger partial charge on any atom is -0.493 e. The average Bonchev–Trinajstić information content (AvgIpc) is 2.73. The Morgan fingerprint density at radius 3 is 2.03 bits per heavy atom. The normalized spacial score (nSPS) is 11.8. The second-order valence-corrected chi connectivity index (χ2v) is 6.29. The summed E-state index contributed by atoms with van der Waals surface area (Å²) in [6.07, 6.45) is 0.716. The number of carbonyl (C=O) groups is 1. The molecule has 1 atom stereocenters. The molecular formula is C21H27N3O5. The van der Waals surface area contributed by atoms with Crippen molar-refractivity contribution in [3.05, 3.63) is 47.5 Å². The molecule has 0 aliphatic heterocycles. The highest BCUT2D eigenvalue weighted by molar-refractivity contribution is 5.86. The molecule has 0 saturated heterocycles. The fourth-order valence-electron chi connectivity index (χ4n) is 2.75. The number of hydrogen-bond acceptors (Lipinski definition) is 7. The van der Waals surface area contributed by atoms with Crippen LogP contribution in [0.4, 0.5) is 5.69 Å². The lowest BCUT2D eigenvalue weighted by molar-refractivity contribution is -0.131. The van der Waals surface area contributed by atoms with Gasteiger partial charge in [-0.15, -0.1) is 0 Å². The number of anilines is 1. The zero-order valence-electron chi connectivity index (χ0n) is 17.6. The predicted octanol–water partition coefficient (Wildman–Crippen LogP) is 2.62. The van der Waals surface area contributed by atoms with Gasteiger partial charge in [0.15, 0.2) is 17.6 Å². The van der Waals surface area contributed by atoms with Crippen LogP contribution in [0.5, 0.6) is 17.2 Å². The van der Waals surface area contributed by atoms with E-state index in [1.54, 1.807) is 12.1 Å². The van der Waals surface area contributed by atoms with E-state index < -0.39 is 6.10 Å². The Balaban J connectivity index is 2.13. The smallest absolute Gasteiger partial charge is 0.273 e. The number of amides is 1. The minimum absolute atomic E-state index is 0.381. The van der Waals surface area contributed by atoms with Crippen LogP contribution in [0.1, 0.15) is 17.2 Å². The third kappa shape index (κ3) is 5.39. The number of benzene rings is 2.